The largest absolute Gasteiger partial charge is 0.378 e. The SMILES string of the molecule is O=C(N/N=C\c1ccc(N2CCOCC2)c(F)c1)c1ccc([N+](=O)[O-])cc1. The van der Waals surface area contributed by atoms with Gasteiger partial charge < -0.3 is 9.64 Å². The van der Waals surface area contributed by atoms with Gasteiger partial charge in [0.15, 0.2) is 0 Å². The summed E-state index contributed by atoms with van der Waals surface area (Å²) >= 11 is 0. The zero-order chi connectivity index (χ0) is 19.2. The molecule has 2 aromatic rings. The molecule has 0 aromatic heterocycles. The first kappa shape index (κ1) is 18.5. The number of nitro groups is 1. The van der Waals surface area contributed by atoms with Crippen LogP contribution in [0.3, 0.4) is 0 Å². The van der Waals surface area contributed by atoms with Crippen LogP contribution in [0.1, 0.15) is 15.9 Å². The summed E-state index contributed by atoms with van der Waals surface area (Å²) in [6.07, 6.45) is 1.33. The first-order chi connectivity index (χ1) is 13.0. The summed E-state index contributed by atoms with van der Waals surface area (Å²) in [6, 6.07) is 9.85. The van der Waals surface area contributed by atoms with Crippen LogP contribution in [0.15, 0.2) is 47.6 Å². The Balaban J connectivity index is 1.61. The second-order valence-electron chi connectivity index (χ2n) is 5.81. The highest BCUT2D eigenvalue weighted by molar-refractivity contribution is 5.95. The van der Waals surface area contributed by atoms with Crippen molar-refractivity contribution in [3.05, 3.63) is 69.5 Å². The van der Waals surface area contributed by atoms with Crippen molar-refractivity contribution >= 4 is 23.5 Å². The van der Waals surface area contributed by atoms with Gasteiger partial charge in [0.25, 0.3) is 11.6 Å². The number of morpholine rings is 1. The maximum Gasteiger partial charge on any atom is 0.271 e. The number of non-ortho nitro benzene ring substituents is 1. The Morgan fingerprint density at radius 2 is 1.93 bits per heavy atom. The normalized spacial score (nSPS) is 14.3. The number of carbonyl (C=O) groups excluding carboxylic acids is 1. The average molecular weight is 372 g/mol. The lowest BCUT2D eigenvalue weighted by atomic mass is 10.2. The Kier molecular flexibility index (Phi) is 5.72. The molecular weight excluding hydrogens is 355 g/mol. The Hall–Kier alpha value is -3.33. The summed E-state index contributed by atoms with van der Waals surface area (Å²) in [5.74, 6) is -0.894. The molecule has 9 heteroatoms. The summed E-state index contributed by atoms with van der Waals surface area (Å²) in [5, 5.41) is 14.4. The topological polar surface area (TPSA) is 97.1 Å². The van der Waals surface area contributed by atoms with Gasteiger partial charge in [-0.05, 0) is 29.8 Å². The van der Waals surface area contributed by atoms with Crippen LogP contribution in [0.5, 0.6) is 0 Å². The van der Waals surface area contributed by atoms with E-state index in [2.05, 4.69) is 10.5 Å². The van der Waals surface area contributed by atoms with Gasteiger partial charge in [-0.15, -0.1) is 0 Å². The minimum atomic E-state index is -0.547. The van der Waals surface area contributed by atoms with Crippen LogP contribution in [0, 0.1) is 15.9 Å². The van der Waals surface area contributed by atoms with Gasteiger partial charge in [-0.2, -0.15) is 5.10 Å². The summed E-state index contributed by atoms with van der Waals surface area (Å²) in [5.41, 5.74) is 3.43. The molecule has 0 saturated carbocycles. The molecule has 0 bridgehead atoms. The molecule has 1 heterocycles. The second kappa shape index (κ2) is 8.37. The molecule has 8 nitrogen and oxygen atoms in total. The third-order valence-corrected chi connectivity index (χ3v) is 4.04. The highest BCUT2D eigenvalue weighted by atomic mass is 19.1. The molecule has 0 radical (unpaired) electrons. The van der Waals surface area contributed by atoms with Gasteiger partial charge in [0, 0.05) is 30.8 Å². The standard InChI is InChI=1S/C18H17FN4O4/c19-16-11-13(1-6-17(16)22-7-9-27-10-8-22)12-20-21-18(24)14-2-4-15(5-3-14)23(25)26/h1-6,11-12H,7-10H2,(H,21,24)/b20-12-. The van der Waals surface area contributed by atoms with Crippen LogP contribution in [0.25, 0.3) is 0 Å². The van der Waals surface area contributed by atoms with Gasteiger partial charge in [-0.1, -0.05) is 6.07 Å². The van der Waals surface area contributed by atoms with Crippen LogP contribution < -0.4 is 10.3 Å². The Morgan fingerprint density at radius 3 is 2.56 bits per heavy atom. The molecule has 2 aromatic carbocycles. The van der Waals surface area contributed by atoms with Crippen molar-refractivity contribution in [1.29, 1.82) is 0 Å². The van der Waals surface area contributed by atoms with E-state index in [0.717, 1.165) is 0 Å². The van der Waals surface area contributed by atoms with Crippen molar-refractivity contribution in [2.45, 2.75) is 0 Å². The minimum Gasteiger partial charge on any atom is -0.378 e. The number of nitrogens with zero attached hydrogens (tertiary/aromatic N) is 3. The number of benzene rings is 2. The first-order valence-electron chi connectivity index (χ1n) is 8.25. The van der Waals surface area contributed by atoms with Gasteiger partial charge in [0.05, 0.1) is 30.0 Å². The van der Waals surface area contributed by atoms with E-state index < -0.39 is 10.8 Å². The molecule has 1 saturated heterocycles. The van der Waals surface area contributed by atoms with E-state index in [0.29, 0.717) is 37.6 Å². The number of halogens is 1. The molecule has 140 valence electrons. The number of nitro benzene ring substituents is 1. The first-order valence-corrected chi connectivity index (χ1v) is 8.25. The number of anilines is 1. The van der Waals surface area contributed by atoms with Crippen LogP contribution in [-0.4, -0.2) is 43.3 Å². The summed E-state index contributed by atoms with van der Waals surface area (Å²) in [4.78, 5) is 23.9. The van der Waals surface area contributed by atoms with Crippen molar-refractivity contribution in [2.24, 2.45) is 5.10 Å². The number of nitrogens with one attached hydrogen (secondary N) is 1. The monoisotopic (exact) mass is 372 g/mol. The lowest BCUT2D eigenvalue weighted by Gasteiger charge is -2.29. The van der Waals surface area contributed by atoms with Crippen LogP contribution in [0.2, 0.25) is 0 Å². The van der Waals surface area contributed by atoms with E-state index >= 15 is 0 Å². The van der Waals surface area contributed by atoms with E-state index in [-0.39, 0.29) is 17.1 Å². The number of carbonyl (C=O) groups is 1. The van der Waals surface area contributed by atoms with Crippen molar-refractivity contribution in [2.75, 3.05) is 31.2 Å². The van der Waals surface area contributed by atoms with E-state index in [4.69, 9.17) is 4.74 Å². The zero-order valence-corrected chi connectivity index (χ0v) is 14.3. The fourth-order valence-corrected chi connectivity index (χ4v) is 2.63. The van der Waals surface area contributed by atoms with Crippen LogP contribution in [-0.2, 0) is 4.74 Å². The average Bonchev–Trinajstić information content (AvgIpc) is 2.69. The van der Waals surface area contributed by atoms with Crippen molar-refractivity contribution in [3.63, 3.8) is 0 Å². The van der Waals surface area contributed by atoms with Crippen molar-refractivity contribution in [1.82, 2.24) is 5.43 Å². The summed E-state index contributed by atoms with van der Waals surface area (Å²) < 4.78 is 19.6. The van der Waals surface area contributed by atoms with E-state index in [9.17, 15) is 19.3 Å². The molecular formula is C18H17FN4O4. The molecule has 0 unspecified atom stereocenters. The van der Waals surface area contributed by atoms with Gasteiger partial charge in [0.2, 0.25) is 0 Å². The number of hydrazone groups is 1. The van der Waals surface area contributed by atoms with Gasteiger partial charge >= 0.3 is 0 Å². The molecule has 1 amide bonds. The molecule has 1 fully saturated rings. The lowest BCUT2D eigenvalue weighted by Crippen LogP contribution is -2.36. The number of hydrogen-bond acceptors (Lipinski definition) is 6. The Morgan fingerprint density at radius 1 is 1.22 bits per heavy atom. The third kappa shape index (κ3) is 4.64. The maximum absolute atomic E-state index is 14.3. The summed E-state index contributed by atoms with van der Waals surface area (Å²) in [6.45, 7) is 2.40. The van der Waals surface area contributed by atoms with E-state index in [1.54, 1.807) is 12.1 Å². The molecule has 3 rings (SSSR count). The van der Waals surface area contributed by atoms with Crippen molar-refractivity contribution in [3.8, 4) is 0 Å². The predicted octanol–water partition coefficient (Wildman–Crippen LogP) is 2.33. The molecule has 0 spiro atoms. The quantitative estimate of drug-likeness (QED) is 0.494. The fourth-order valence-electron chi connectivity index (χ4n) is 2.63. The number of ether oxygens (including phenoxy) is 1. The zero-order valence-electron chi connectivity index (χ0n) is 14.3. The highest BCUT2D eigenvalue weighted by Gasteiger charge is 2.15. The molecule has 27 heavy (non-hydrogen) atoms. The molecule has 0 atom stereocenters. The Bertz CT molecular complexity index is 864. The fraction of sp³-hybridized carbons (Fsp3) is 0.222. The third-order valence-electron chi connectivity index (χ3n) is 4.04. The number of rotatable bonds is 5. The molecule has 1 aliphatic rings. The van der Waals surface area contributed by atoms with Gasteiger partial charge in [0.1, 0.15) is 5.82 Å². The minimum absolute atomic E-state index is 0.106. The van der Waals surface area contributed by atoms with E-state index in [1.165, 1.54) is 36.5 Å². The van der Waals surface area contributed by atoms with Crippen LogP contribution >= 0.6 is 0 Å². The number of hydrogen-bond donors (Lipinski definition) is 1. The second-order valence-corrected chi connectivity index (χ2v) is 5.81. The highest BCUT2D eigenvalue weighted by Crippen LogP contribution is 2.21. The van der Waals surface area contributed by atoms with Gasteiger partial charge in [-0.25, -0.2) is 9.82 Å². The molecule has 1 N–H and O–H groups in total. The lowest BCUT2D eigenvalue weighted by molar-refractivity contribution is -0.384. The maximum atomic E-state index is 14.3. The predicted molar refractivity (Wildman–Crippen MR) is 97.6 cm³/mol. The van der Waals surface area contributed by atoms with Crippen molar-refractivity contribution < 1.29 is 18.8 Å². The smallest absolute Gasteiger partial charge is 0.271 e. The van der Waals surface area contributed by atoms with E-state index in [1.807, 2.05) is 4.90 Å². The van der Waals surface area contributed by atoms with Gasteiger partial charge in [-0.3, -0.25) is 14.9 Å². The molecule has 0 aliphatic carbocycles. The molecule has 1 aliphatic heterocycles. The summed E-state index contributed by atoms with van der Waals surface area (Å²) in [7, 11) is 0. The Labute approximate surface area is 154 Å². The number of amides is 1. The van der Waals surface area contributed by atoms with Crippen LogP contribution in [0.4, 0.5) is 15.8 Å².